The number of hydrogen-bond donors (Lipinski definition) is 2. The fraction of sp³-hybridized carbons (Fsp3) is 0.571. The van der Waals surface area contributed by atoms with Crippen molar-refractivity contribution >= 4 is 5.69 Å². The minimum absolute atomic E-state index is 0.0952. The Bertz CT molecular complexity index is 375. The summed E-state index contributed by atoms with van der Waals surface area (Å²) in [5.74, 6) is 1.17. The van der Waals surface area contributed by atoms with Gasteiger partial charge in [-0.25, -0.2) is 0 Å². The zero-order valence-corrected chi connectivity index (χ0v) is 11.6. The van der Waals surface area contributed by atoms with Crippen molar-refractivity contribution in [2.75, 3.05) is 32.3 Å². The Balaban J connectivity index is 3.14. The van der Waals surface area contributed by atoms with Crippen LogP contribution in [-0.4, -0.2) is 43.6 Å². The molecule has 0 radical (unpaired) electrons. The number of likely N-dealkylation sites (N-methyl/N-ethyl adjacent to an activating group) is 1. The van der Waals surface area contributed by atoms with E-state index in [4.69, 9.17) is 4.74 Å². The maximum Gasteiger partial charge on any atom is 0.142 e. The van der Waals surface area contributed by atoms with Gasteiger partial charge in [-0.3, -0.25) is 0 Å². The van der Waals surface area contributed by atoms with Gasteiger partial charge in [-0.15, -0.1) is 0 Å². The van der Waals surface area contributed by atoms with E-state index in [9.17, 15) is 10.2 Å². The van der Waals surface area contributed by atoms with Crippen molar-refractivity contribution in [2.45, 2.75) is 25.8 Å². The summed E-state index contributed by atoms with van der Waals surface area (Å²) in [7, 11) is 3.47. The lowest BCUT2D eigenvalue weighted by Crippen LogP contribution is -2.38. The van der Waals surface area contributed by atoms with E-state index in [1.165, 1.54) is 5.56 Å². The number of nitrogens with zero attached hydrogens (tertiary/aromatic N) is 1. The van der Waals surface area contributed by atoms with E-state index in [1.54, 1.807) is 7.11 Å². The lowest BCUT2D eigenvalue weighted by Gasteiger charge is -2.29. The molecule has 0 amide bonds. The van der Waals surface area contributed by atoms with Gasteiger partial charge in [-0.1, -0.05) is 19.9 Å². The van der Waals surface area contributed by atoms with Crippen LogP contribution < -0.4 is 9.64 Å². The number of ether oxygens (including phenoxy) is 1. The van der Waals surface area contributed by atoms with Crippen molar-refractivity contribution in [1.29, 1.82) is 0 Å². The second-order valence-electron chi connectivity index (χ2n) is 4.72. The Kier molecular flexibility index (Phi) is 5.44. The fourth-order valence-electron chi connectivity index (χ4n) is 1.84. The Morgan fingerprint density at radius 1 is 1.22 bits per heavy atom. The molecular formula is C14H23NO3. The zero-order valence-electron chi connectivity index (χ0n) is 11.6. The van der Waals surface area contributed by atoms with E-state index in [0.29, 0.717) is 5.92 Å². The van der Waals surface area contributed by atoms with E-state index in [1.807, 2.05) is 30.1 Å². The largest absolute Gasteiger partial charge is 0.495 e. The van der Waals surface area contributed by atoms with Crippen LogP contribution >= 0.6 is 0 Å². The first-order chi connectivity index (χ1) is 8.54. The molecule has 18 heavy (non-hydrogen) atoms. The molecule has 0 heterocycles. The second-order valence-corrected chi connectivity index (χ2v) is 4.72. The predicted molar refractivity (Wildman–Crippen MR) is 73.4 cm³/mol. The Hall–Kier alpha value is -1.26. The number of anilines is 1. The summed E-state index contributed by atoms with van der Waals surface area (Å²) in [5, 5.41) is 18.5. The van der Waals surface area contributed by atoms with Gasteiger partial charge in [0, 0.05) is 7.05 Å². The molecule has 0 saturated heterocycles. The van der Waals surface area contributed by atoms with Gasteiger partial charge in [0.25, 0.3) is 0 Å². The third-order valence-electron chi connectivity index (χ3n) is 3.22. The Labute approximate surface area is 109 Å². The molecule has 102 valence electrons. The summed E-state index contributed by atoms with van der Waals surface area (Å²) >= 11 is 0. The number of methoxy groups -OCH3 is 1. The number of aliphatic hydroxyl groups excluding tert-OH is 2. The van der Waals surface area contributed by atoms with Crippen molar-refractivity contribution < 1.29 is 14.9 Å². The summed E-state index contributed by atoms with van der Waals surface area (Å²) in [6.07, 6.45) is 0. The van der Waals surface area contributed by atoms with Crippen LogP contribution in [0.15, 0.2) is 18.2 Å². The topological polar surface area (TPSA) is 52.9 Å². The maximum absolute atomic E-state index is 9.26. The highest BCUT2D eigenvalue weighted by atomic mass is 16.5. The highest BCUT2D eigenvalue weighted by Gasteiger charge is 2.17. The van der Waals surface area contributed by atoms with Crippen LogP contribution in [0.3, 0.4) is 0 Å². The first-order valence-corrected chi connectivity index (χ1v) is 6.17. The van der Waals surface area contributed by atoms with E-state index < -0.39 is 0 Å². The molecule has 1 aromatic rings. The van der Waals surface area contributed by atoms with Crippen molar-refractivity contribution in [3.63, 3.8) is 0 Å². The molecule has 1 rings (SSSR count). The van der Waals surface area contributed by atoms with Crippen LogP contribution in [0.1, 0.15) is 25.3 Å². The molecule has 0 spiro atoms. The van der Waals surface area contributed by atoms with Gasteiger partial charge in [0.05, 0.1) is 32.1 Å². The predicted octanol–water partition coefficient (Wildman–Crippen LogP) is 1.61. The Morgan fingerprint density at radius 2 is 1.83 bits per heavy atom. The van der Waals surface area contributed by atoms with Gasteiger partial charge in [0.15, 0.2) is 0 Å². The average Bonchev–Trinajstić information content (AvgIpc) is 2.39. The first-order valence-electron chi connectivity index (χ1n) is 6.17. The smallest absolute Gasteiger partial charge is 0.142 e. The molecule has 0 saturated carbocycles. The lowest BCUT2D eigenvalue weighted by molar-refractivity contribution is 0.190. The normalized spacial score (nSPS) is 11.1. The molecule has 2 N–H and O–H groups in total. The van der Waals surface area contributed by atoms with E-state index in [0.717, 1.165) is 11.4 Å². The molecule has 1 aromatic carbocycles. The highest BCUT2D eigenvalue weighted by molar-refractivity contribution is 5.60. The summed E-state index contributed by atoms with van der Waals surface area (Å²) in [4.78, 5) is 1.85. The molecule has 0 aliphatic rings. The molecule has 0 aromatic heterocycles. The van der Waals surface area contributed by atoms with Gasteiger partial charge < -0.3 is 19.8 Å². The van der Waals surface area contributed by atoms with Crippen molar-refractivity contribution in [1.82, 2.24) is 0 Å². The molecule has 0 atom stereocenters. The summed E-state index contributed by atoms with van der Waals surface area (Å²) in [6.45, 7) is 4.06. The molecule has 0 aliphatic heterocycles. The fourth-order valence-corrected chi connectivity index (χ4v) is 1.84. The van der Waals surface area contributed by atoms with Gasteiger partial charge in [0.2, 0.25) is 0 Å². The minimum Gasteiger partial charge on any atom is -0.495 e. The highest BCUT2D eigenvalue weighted by Crippen LogP contribution is 2.32. The van der Waals surface area contributed by atoms with Gasteiger partial charge in [-0.2, -0.15) is 0 Å². The van der Waals surface area contributed by atoms with Crippen molar-refractivity contribution in [3.8, 4) is 5.75 Å². The zero-order chi connectivity index (χ0) is 13.7. The molecule has 0 bridgehead atoms. The van der Waals surface area contributed by atoms with Gasteiger partial charge in [-0.05, 0) is 23.6 Å². The SMILES string of the molecule is COc1ccc(C(C)C)cc1N(C)C(CO)CO. The number of benzene rings is 1. The number of rotatable bonds is 6. The van der Waals surface area contributed by atoms with Crippen LogP contribution in [0.4, 0.5) is 5.69 Å². The second kappa shape index (κ2) is 6.61. The summed E-state index contributed by atoms with van der Waals surface area (Å²) in [6, 6.07) is 5.68. The molecule has 4 nitrogen and oxygen atoms in total. The third kappa shape index (κ3) is 3.15. The molecule has 0 aliphatic carbocycles. The third-order valence-corrected chi connectivity index (χ3v) is 3.22. The molecule has 0 fully saturated rings. The minimum atomic E-state index is -0.318. The van der Waals surface area contributed by atoms with E-state index in [-0.39, 0.29) is 19.3 Å². The maximum atomic E-state index is 9.26. The van der Waals surface area contributed by atoms with Crippen LogP contribution in [0.25, 0.3) is 0 Å². The summed E-state index contributed by atoms with van der Waals surface area (Å²) in [5.41, 5.74) is 2.09. The van der Waals surface area contributed by atoms with E-state index >= 15 is 0 Å². The molecule has 4 heteroatoms. The standard InChI is InChI=1S/C14H23NO3/c1-10(2)11-5-6-14(18-4)13(7-11)15(3)12(8-16)9-17/h5-7,10,12,16-17H,8-9H2,1-4H3. The van der Waals surface area contributed by atoms with Crippen LogP contribution in [-0.2, 0) is 0 Å². The van der Waals surface area contributed by atoms with Crippen LogP contribution in [0, 0.1) is 0 Å². The first kappa shape index (κ1) is 14.8. The monoisotopic (exact) mass is 253 g/mol. The van der Waals surface area contributed by atoms with Crippen molar-refractivity contribution in [2.24, 2.45) is 0 Å². The molecule has 0 unspecified atom stereocenters. The lowest BCUT2D eigenvalue weighted by atomic mass is 10.0. The van der Waals surface area contributed by atoms with Crippen molar-refractivity contribution in [3.05, 3.63) is 23.8 Å². The average molecular weight is 253 g/mol. The van der Waals surface area contributed by atoms with E-state index in [2.05, 4.69) is 13.8 Å². The van der Waals surface area contributed by atoms with Gasteiger partial charge in [0.1, 0.15) is 5.75 Å². The number of hydrogen-bond acceptors (Lipinski definition) is 4. The van der Waals surface area contributed by atoms with Crippen LogP contribution in [0.5, 0.6) is 5.75 Å². The van der Waals surface area contributed by atoms with Crippen LogP contribution in [0.2, 0.25) is 0 Å². The molecular weight excluding hydrogens is 230 g/mol. The summed E-state index contributed by atoms with van der Waals surface area (Å²) < 4.78 is 5.34. The van der Waals surface area contributed by atoms with Gasteiger partial charge >= 0.3 is 0 Å². The number of aliphatic hydroxyl groups is 2. The Morgan fingerprint density at radius 3 is 2.28 bits per heavy atom. The quantitative estimate of drug-likeness (QED) is 0.808.